The molecule has 1 aliphatic carbocycles. The maximum Gasteiger partial charge on any atom is 0.223 e. The lowest BCUT2D eigenvalue weighted by Crippen LogP contribution is -2.46. The van der Waals surface area contributed by atoms with Gasteiger partial charge in [0.15, 0.2) is 5.84 Å². The summed E-state index contributed by atoms with van der Waals surface area (Å²) in [5.74, 6) is 1.02. The Morgan fingerprint density at radius 3 is 2.50 bits per heavy atom. The number of hydrogen-bond acceptors (Lipinski definition) is 3. The third kappa shape index (κ3) is 5.02. The fraction of sp³-hybridized carbons (Fsp3) is 0.867. The summed E-state index contributed by atoms with van der Waals surface area (Å²) in [5, 5.41) is 14.6. The van der Waals surface area contributed by atoms with E-state index in [1.165, 1.54) is 19.3 Å². The second-order valence-corrected chi connectivity index (χ2v) is 5.85. The van der Waals surface area contributed by atoms with Crippen LogP contribution in [0.3, 0.4) is 0 Å². The molecule has 4 N–H and O–H groups in total. The third-order valence-electron chi connectivity index (χ3n) is 4.38. The van der Waals surface area contributed by atoms with Crippen molar-refractivity contribution in [2.24, 2.45) is 22.7 Å². The molecule has 1 unspecified atom stereocenters. The molecule has 0 heterocycles. The first-order chi connectivity index (χ1) is 9.62. The summed E-state index contributed by atoms with van der Waals surface area (Å²) in [4.78, 5) is 12.2. The molecule has 20 heavy (non-hydrogen) atoms. The Hall–Kier alpha value is -1.26. The minimum atomic E-state index is -0.356. The van der Waals surface area contributed by atoms with E-state index < -0.39 is 0 Å². The zero-order valence-electron chi connectivity index (χ0n) is 12.8. The van der Waals surface area contributed by atoms with E-state index >= 15 is 0 Å². The van der Waals surface area contributed by atoms with Gasteiger partial charge in [-0.05, 0) is 38.0 Å². The number of nitrogens with one attached hydrogen (secondary N) is 1. The van der Waals surface area contributed by atoms with Gasteiger partial charge >= 0.3 is 0 Å². The molecule has 1 amide bonds. The minimum Gasteiger partial charge on any atom is -0.409 e. The summed E-state index contributed by atoms with van der Waals surface area (Å²) in [7, 11) is 0. The number of oxime groups is 1. The summed E-state index contributed by atoms with van der Waals surface area (Å²) < 4.78 is 0. The normalized spacial score (nSPS) is 25.2. The molecule has 0 radical (unpaired) electrons. The fourth-order valence-corrected chi connectivity index (χ4v) is 2.95. The molecule has 0 aromatic heterocycles. The topological polar surface area (TPSA) is 87.7 Å². The van der Waals surface area contributed by atoms with Crippen LogP contribution < -0.4 is 11.1 Å². The van der Waals surface area contributed by atoms with Gasteiger partial charge in [0.25, 0.3) is 0 Å². The van der Waals surface area contributed by atoms with Crippen molar-refractivity contribution >= 4 is 11.7 Å². The Morgan fingerprint density at radius 1 is 1.35 bits per heavy atom. The average Bonchev–Trinajstić information content (AvgIpc) is 2.50. The minimum absolute atomic E-state index is 0.0531. The zero-order valence-corrected chi connectivity index (χ0v) is 12.8. The van der Waals surface area contributed by atoms with Crippen molar-refractivity contribution in [1.82, 2.24) is 5.32 Å². The van der Waals surface area contributed by atoms with Gasteiger partial charge in [0, 0.05) is 5.92 Å². The molecule has 0 aliphatic heterocycles. The van der Waals surface area contributed by atoms with Crippen LogP contribution in [0.25, 0.3) is 0 Å². The van der Waals surface area contributed by atoms with Crippen LogP contribution in [0.1, 0.15) is 65.2 Å². The fourth-order valence-electron chi connectivity index (χ4n) is 2.95. The number of carbonyl (C=O) groups is 1. The van der Waals surface area contributed by atoms with Crippen LogP contribution in [0.15, 0.2) is 5.16 Å². The third-order valence-corrected chi connectivity index (χ3v) is 4.38. The SMILES string of the molecule is CCCCC1CCC(C(=O)NC(CC)/C(N)=N/O)CC1. The highest BCUT2D eigenvalue weighted by Gasteiger charge is 2.27. The van der Waals surface area contributed by atoms with Crippen molar-refractivity contribution in [2.75, 3.05) is 0 Å². The molecule has 116 valence electrons. The Kier molecular flexibility index (Phi) is 7.41. The first-order valence-electron chi connectivity index (χ1n) is 7.90. The van der Waals surface area contributed by atoms with Gasteiger partial charge in [-0.2, -0.15) is 0 Å². The zero-order chi connectivity index (χ0) is 15.0. The Morgan fingerprint density at radius 2 is 2.00 bits per heavy atom. The second kappa shape index (κ2) is 8.82. The van der Waals surface area contributed by atoms with Crippen LogP contribution >= 0.6 is 0 Å². The molecule has 0 aromatic rings. The largest absolute Gasteiger partial charge is 0.409 e. The van der Waals surface area contributed by atoms with Crippen molar-refractivity contribution in [3.05, 3.63) is 0 Å². The van der Waals surface area contributed by atoms with Crippen LogP contribution in [0.2, 0.25) is 0 Å². The second-order valence-electron chi connectivity index (χ2n) is 5.85. The van der Waals surface area contributed by atoms with Crippen molar-refractivity contribution in [1.29, 1.82) is 0 Å². The van der Waals surface area contributed by atoms with E-state index in [1.807, 2.05) is 6.92 Å². The van der Waals surface area contributed by atoms with Gasteiger partial charge in [-0.3, -0.25) is 4.79 Å². The lowest BCUT2D eigenvalue weighted by atomic mass is 9.79. The Labute approximate surface area is 122 Å². The molecule has 5 heteroatoms. The molecule has 1 saturated carbocycles. The van der Waals surface area contributed by atoms with Crippen LogP contribution in [-0.2, 0) is 4.79 Å². The number of hydrogen-bond donors (Lipinski definition) is 3. The van der Waals surface area contributed by atoms with Crippen molar-refractivity contribution in [3.63, 3.8) is 0 Å². The van der Waals surface area contributed by atoms with Gasteiger partial charge in [-0.25, -0.2) is 0 Å². The van der Waals surface area contributed by atoms with Crippen molar-refractivity contribution < 1.29 is 10.0 Å². The summed E-state index contributed by atoms with van der Waals surface area (Å²) in [6, 6.07) is -0.356. The van der Waals surface area contributed by atoms with E-state index in [1.54, 1.807) is 0 Å². The lowest BCUT2D eigenvalue weighted by molar-refractivity contribution is -0.126. The molecule has 0 bridgehead atoms. The van der Waals surface area contributed by atoms with Gasteiger partial charge in [0.05, 0.1) is 6.04 Å². The van der Waals surface area contributed by atoms with Crippen molar-refractivity contribution in [2.45, 2.75) is 71.3 Å². The number of rotatable bonds is 7. The smallest absolute Gasteiger partial charge is 0.223 e. The molecular weight excluding hydrogens is 254 g/mol. The predicted molar refractivity (Wildman–Crippen MR) is 80.6 cm³/mol. The average molecular weight is 283 g/mol. The van der Waals surface area contributed by atoms with Crippen LogP contribution in [0, 0.1) is 11.8 Å². The van der Waals surface area contributed by atoms with Gasteiger partial charge in [-0.15, -0.1) is 0 Å². The first kappa shape index (κ1) is 16.8. The molecule has 1 atom stereocenters. The highest BCUT2D eigenvalue weighted by molar-refractivity contribution is 5.90. The number of carbonyl (C=O) groups excluding carboxylic acids is 1. The molecule has 0 saturated heterocycles. The Balaban J connectivity index is 2.38. The van der Waals surface area contributed by atoms with E-state index in [-0.39, 0.29) is 23.7 Å². The number of amidine groups is 1. The van der Waals surface area contributed by atoms with Crippen LogP contribution in [0.4, 0.5) is 0 Å². The maximum atomic E-state index is 12.2. The molecule has 1 aliphatic rings. The van der Waals surface area contributed by atoms with Crippen LogP contribution in [0.5, 0.6) is 0 Å². The van der Waals surface area contributed by atoms with E-state index in [0.717, 1.165) is 31.6 Å². The number of nitrogens with zero attached hydrogens (tertiary/aromatic N) is 1. The number of unbranched alkanes of at least 4 members (excludes halogenated alkanes) is 1. The van der Waals surface area contributed by atoms with Gasteiger partial charge in [-0.1, -0.05) is 38.3 Å². The highest BCUT2D eigenvalue weighted by Crippen LogP contribution is 2.32. The molecule has 1 rings (SSSR count). The van der Waals surface area contributed by atoms with E-state index in [2.05, 4.69) is 17.4 Å². The monoisotopic (exact) mass is 283 g/mol. The number of nitrogens with two attached hydrogens (primary N) is 1. The standard InChI is InChI=1S/C15H29N3O2/c1-3-5-6-11-7-9-12(10-8-11)15(19)17-13(4-2)14(16)18-20/h11-13,20H,3-10H2,1-2H3,(H2,16,18)(H,17,19). The molecule has 0 aromatic carbocycles. The Bertz CT molecular complexity index is 323. The van der Waals surface area contributed by atoms with E-state index in [0.29, 0.717) is 6.42 Å². The predicted octanol–water partition coefficient (Wildman–Crippen LogP) is 2.62. The maximum absolute atomic E-state index is 12.2. The number of amides is 1. The lowest BCUT2D eigenvalue weighted by Gasteiger charge is -2.29. The van der Waals surface area contributed by atoms with Crippen LogP contribution in [-0.4, -0.2) is 23.0 Å². The first-order valence-corrected chi connectivity index (χ1v) is 7.90. The molecule has 0 spiro atoms. The van der Waals surface area contributed by atoms with Gasteiger partial charge in [0.2, 0.25) is 5.91 Å². The van der Waals surface area contributed by atoms with E-state index in [9.17, 15) is 4.79 Å². The van der Waals surface area contributed by atoms with Crippen molar-refractivity contribution in [3.8, 4) is 0 Å². The summed E-state index contributed by atoms with van der Waals surface area (Å²) in [5.41, 5.74) is 5.57. The van der Waals surface area contributed by atoms with E-state index in [4.69, 9.17) is 10.9 Å². The summed E-state index contributed by atoms with van der Waals surface area (Å²) >= 11 is 0. The summed E-state index contributed by atoms with van der Waals surface area (Å²) in [6.07, 6.45) is 8.71. The quantitative estimate of drug-likeness (QED) is 0.290. The highest BCUT2D eigenvalue weighted by atomic mass is 16.4. The van der Waals surface area contributed by atoms with Gasteiger partial charge in [0.1, 0.15) is 0 Å². The molecule has 5 nitrogen and oxygen atoms in total. The molecular formula is C15H29N3O2. The molecule has 1 fully saturated rings. The summed E-state index contributed by atoms with van der Waals surface area (Å²) in [6.45, 7) is 4.13. The van der Waals surface area contributed by atoms with Gasteiger partial charge < -0.3 is 16.3 Å².